The van der Waals surface area contributed by atoms with E-state index in [0.717, 1.165) is 32.8 Å². The van der Waals surface area contributed by atoms with Gasteiger partial charge in [0.05, 0.1) is 29.3 Å². The molecule has 3 aromatic rings. The van der Waals surface area contributed by atoms with E-state index in [4.69, 9.17) is 10.5 Å². The third kappa shape index (κ3) is 4.57. The molecule has 0 bridgehead atoms. The largest absolute Gasteiger partial charge is 0.384 e. The maximum Gasteiger partial charge on any atom is 0.226 e. The minimum Gasteiger partial charge on any atom is -0.384 e. The fourth-order valence-corrected chi connectivity index (χ4v) is 3.86. The van der Waals surface area contributed by atoms with Gasteiger partial charge in [-0.25, -0.2) is 9.97 Å². The zero-order valence-corrected chi connectivity index (χ0v) is 16.0. The Labute approximate surface area is 159 Å². The number of nitrogens with two attached hydrogens (primary N) is 1. The average molecular weight is 390 g/mol. The van der Waals surface area contributed by atoms with E-state index in [2.05, 4.69) is 20.6 Å². The molecule has 1 aromatic carbocycles. The second-order valence-electron chi connectivity index (χ2n) is 5.50. The first-order chi connectivity index (χ1) is 12.5. The van der Waals surface area contributed by atoms with E-state index in [1.54, 1.807) is 7.11 Å². The van der Waals surface area contributed by atoms with Gasteiger partial charge in [0.2, 0.25) is 5.91 Å². The van der Waals surface area contributed by atoms with Crippen LogP contribution in [-0.2, 0) is 9.53 Å². The molecule has 1 amide bonds. The third-order valence-corrected chi connectivity index (χ3v) is 5.27. The second-order valence-corrected chi connectivity index (χ2v) is 7.39. The lowest BCUT2D eigenvalue weighted by Gasteiger charge is -2.07. The molecule has 2 aromatic heterocycles. The molecule has 3 rings (SSSR count). The van der Waals surface area contributed by atoms with Gasteiger partial charge in [0, 0.05) is 23.9 Å². The number of carbonyl (C=O) groups is 1. The molecule has 136 valence electrons. The Morgan fingerprint density at radius 3 is 2.62 bits per heavy atom. The van der Waals surface area contributed by atoms with Crippen molar-refractivity contribution in [1.29, 1.82) is 0 Å². The molecule has 7 nitrogen and oxygen atoms in total. The predicted molar refractivity (Wildman–Crippen MR) is 107 cm³/mol. The summed E-state index contributed by atoms with van der Waals surface area (Å²) < 4.78 is 4.89. The number of methoxy groups -OCH3 is 1. The number of amides is 1. The summed E-state index contributed by atoms with van der Waals surface area (Å²) in [5.41, 5.74) is 9.14. The normalized spacial score (nSPS) is 10.7. The van der Waals surface area contributed by atoms with Gasteiger partial charge in [-0.3, -0.25) is 4.79 Å². The van der Waals surface area contributed by atoms with Crippen LogP contribution >= 0.6 is 22.7 Å². The minimum absolute atomic E-state index is 0.0728. The van der Waals surface area contributed by atoms with E-state index in [0.29, 0.717) is 18.2 Å². The second kappa shape index (κ2) is 8.26. The maximum atomic E-state index is 11.7. The van der Waals surface area contributed by atoms with Crippen molar-refractivity contribution in [3.63, 3.8) is 0 Å². The molecule has 9 heteroatoms. The molecule has 0 saturated carbocycles. The highest BCUT2D eigenvalue weighted by Crippen LogP contribution is 2.34. The number of aromatic nitrogens is 2. The fraction of sp³-hybridized carbons (Fsp3) is 0.235. The Bertz CT molecular complexity index is 889. The lowest BCUT2D eigenvalue weighted by atomic mass is 10.2. The molecule has 0 spiro atoms. The van der Waals surface area contributed by atoms with Crippen LogP contribution in [0, 0.1) is 6.92 Å². The van der Waals surface area contributed by atoms with Crippen molar-refractivity contribution in [2.24, 2.45) is 0 Å². The summed E-state index contributed by atoms with van der Waals surface area (Å²) in [4.78, 5) is 21.5. The van der Waals surface area contributed by atoms with E-state index in [1.807, 2.05) is 36.6 Å². The van der Waals surface area contributed by atoms with Crippen LogP contribution in [0.2, 0.25) is 0 Å². The number of nitrogens with one attached hydrogen (secondary N) is 2. The summed E-state index contributed by atoms with van der Waals surface area (Å²) in [5.74, 6) is -0.0728. The molecule has 0 fully saturated rings. The number of hydrogen-bond donors (Lipinski definition) is 3. The minimum atomic E-state index is -0.0728. The van der Waals surface area contributed by atoms with E-state index < -0.39 is 0 Å². The van der Waals surface area contributed by atoms with E-state index in [1.165, 1.54) is 22.7 Å². The third-order valence-electron chi connectivity index (χ3n) is 3.50. The Kier molecular flexibility index (Phi) is 5.82. The van der Waals surface area contributed by atoms with Crippen molar-refractivity contribution < 1.29 is 9.53 Å². The Hall–Kier alpha value is -2.49. The van der Waals surface area contributed by atoms with Crippen molar-refractivity contribution in [1.82, 2.24) is 9.97 Å². The molecule has 2 heterocycles. The van der Waals surface area contributed by atoms with E-state index in [9.17, 15) is 4.79 Å². The van der Waals surface area contributed by atoms with Crippen LogP contribution in [-0.4, -0.2) is 29.6 Å². The number of rotatable bonds is 7. The number of anilines is 4. The summed E-state index contributed by atoms with van der Waals surface area (Å²) in [5, 5.41) is 9.39. The van der Waals surface area contributed by atoms with Gasteiger partial charge in [-0.1, -0.05) is 11.3 Å². The van der Waals surface area contributed by atoms with Gasteiger partial charge in [0.25, 0.3) is 0 Å². The number of nitrogens with zero attached hydrogens (tertiary/aromatic N) is 2. The van der Waals surface area contributed by atoms with Gasteiger partial charge < -0.3 is 21.1 Å². The van der Waals surface area contributed by atoms with Gasteiger partial charge in [-0.15, -0.1) is 11.3 Å². The topological polar surface area (TPSA) is 102 Å². The molecule has 0 atom stereocenters. The number of benzene rings is 1. The number of ether oxygens (including phenoxy) is 1. The lowest BCUT2D eigenvalue weighted by molar-refractivity contribution is -0.117. The van der Waals surface area contributed by atoms with Crippen molar-refractivity contribution in [3.05, 3.63) is 35.3 Å². The van der Waals surface area contributed by atoms with Crippen LogP contribution in [0.4, 0.5) is 21.6 Å². The van der Waals surface area contributed by atoms with Gasteiger partial charge in [-0.2, -0.15) is 0 Å². The standard InChI is InChI=1S/C17H19N5O2S2/c1-10-15(26-16(18)19-10)13-9-25-17(22-13)21-12-5-3-11(4-6-12)20-14(23)7-8-24-2/h3-6,9H,7-8H2,1-2H3,(H2,18,19)(H,20,23)(H,21,22). The van der Waals surface area contributed by atoms with Crippen molar-refractivity contribution in [3.8, 4) is 10.6 Å². The number of hydrogen-bond acceptors (Lipinski definition) is 8. The number of thiazole rings is 2. The van der Waals surface area contributed by atoms with E-state index in [-0.39, 0.29) is 5.91 Å². The van der Waals surface area contributed by atoms with Crippen molar-refractivity contribution >= 4 is 50.2 Å². The summed E-state index contributed by atoms with van der Waals surface area (Å²) >= 11 is 2.95. The summed E-state index contributed by atoms with van der Waals surface area (Å²) in [6.45, 7) is 2.33. The van der Waals surface area contributed by atoms with Crippen LogP contribution in [0.3, 0.4) is 0 Å². The van der Waals surface area contributed by atoms with Crippen LogP contribution in [0.25, 0.3) is 10.6 Å². The molecule has 0 radical (unpaired) electrons. The van der Waals surface area contributed by atoms with Crippen molar-refractivity contribution in [2.75, 3.05) is 30.1 Å². The Morgan fingerprint density at radius 1 is 1.23 bits per heavy atom. The van der Waals surface area contributed by atoms with Crippen LogP contribution in [0.5, 0.6) is 0 Å². The summed E-state index contributed by atoms with van der Waals surface area (Å²) in [6.07, 6.45) is 0.333. The number of nitrogen functional groups attached to an aromatic ring is 1. The van der Waals surface area contributed by atoms with Crippen molar-refractivity contribution in [2.45, 2.75) is 13.3 Å². The van der Waals surface area contributed by atoms with Crippen LogP contribution < -0.4 is 16.4 Å². The average Bonchev–Trinajstić information content (AvgIpc) is 3.20. The highest BCUT2D eigenvalue weighted by Gasteiger charge is 2.12. The molecule has 4 N–H and O–H groups in total. The first-order valence-electron chi connectivity index (χ1n) is 7.90. The molecule has 0 aliphatic carbocycles. The number of aryl methyl sites for hydroxylation is 1. The monoisotopic (exact) mass is 389 g/mol. The lowest BCUT2D eigenvalue weighted by Crippen LogP contribution is -2.13. The Balaban J connectivity index is 1.63. The van der Waals surface area contributed by atoms with Gasteiger partial charge in [-0.05, 0) is 31.2 Å². The molecule has 0 aliphatic heterocycles. The van der Waals surface area contributed by atoms with Gasteiger partial charge in [0.1, 0.15) is 0 Å². The molecule has 26 heavy (non-hydrogen) atoms. The Morgan fingerprint density at radius 2 is 1.96 bits per heavy atom. The molecular formula is C17H19N5O2S2. The summed E-state index contributed by atoms with van der Waals surface area (Å²) in [7, 11) is 1.57. The number of carbonyl (C=O) groups excluding carboxylic acids is 1. The summed E-state index contributed by atoms with van der Waals surface area (Å²) in [6, 6.07) is 7.47. The molecule has 0 aliphatic rings. The fourth-order valence-electron chi connectivity index (χ4n) is 2.27. The van der Waals surface area contributed by atoms with Crippen LogP contribution in [0.15, 0.2) is 29.6 Å². The predicted octanol–water partition coefficient (Wildman–Crippen LogP) is 3.88. The SMILES string of the molecule is COCCC(=O)Nc1ccc(Nc2nc(-c3sc(N)nc3C)cs2)cc1. The van der Waals surface area contributed by atoms with Crippen LogP contribution in [0.1, 0.15) is 12.1 Å². The maximum absolute atomic E-state index is 11.7. The first-order valence-corrected chi connectivity index (χ1v) is 9.59. The smallest absolute Gasteiger partial charge is 0.226 e. The molecule has 0 saturated heterocycles. The zero-order chi connectivity index (χ0) is 18.5. The highest BCUT2D eigenvalue weighted by molar-refractivity contribution is 7.19. The van der Waals surface area contributed by atoms with E-state index >= 15 is 0 Å². The first kappa shape index (κ1) is 18.3. The van der Waals surface area contributed by atoms with Gasteiger partial charge in [0.15, 0.2) is 10.3 Å². The zero-order valence-electron chi connectivity index (χ0n) is 14.4. The highest BCUT2D eigenvalue weighted by atomic mass is 32.1. The molecule has 0 unspecified atom stereocenters. The molecular weight excluding hydrogens is 370 g/mol. The van der Waals surface area contributed by atoms with Gasteiger partial charge >= 0.3 is 0 Å². The quantitative estimate of drug-likeness (QED) is 0.567.